The Hall–Kier alpha value is -0.380. The molecule has 0 amide bonds. The Kier molecular flexibility index (Phi) is 2.64. The molecule has 0 heterocycles. The molecule has 76 valence electrons. The molecule has 14 heavy (non-hydrogen) atoms. The fourth-order valence-electron chi connectivity index (χ4n) is 2.10. The van der Waals surface area contributed by atoms with Crippen molar-refractivity contribution in [2.24, 2.45) is 0 Å². The summed E-state index contributed by atoms with van der Waals surface area (Å²) in [7, 11) is 1.62. The average molecular weight is 257 g/mol. The lowest BCUT2D eigenvalue weighted by atomic mass is 9.97. The van der Waals surface area contributed by atoms with Crippen molar-refractivity contribution in [3.8, 4) is 0 Å². The monoisotopic (exact) mass is 256 g/mol. The van der Waals surface area contributed by atoms with Crippen molar-refractivity contribution in [1.29, 1.82) is 0 Å². The summed E-state index contributed by atoms with van der Waals surface area (Å²) in [6.07, 6.45) is 1.66. The summed E-state index contributed by atoms with van der Waals surface area (Å²) in [5.41, 5.74) is 1.44. The van der Waals surface area contributed by atoms with E-state index in [0.29, 0.717) is 6.61 Å². The zero-order valence-electron chi connectivity index (χ0n) is 8.09. The molecule has 0 aromatic heterocycles. The van der Waals surface area contributed by atoms with Crippen LogP contribution in [0.1, 0.15) is 17.5 Å². The lowest BCUT2D eigenvalue weighted by molar-refractivity contribution is -0.0340. The molecule has 1 aromatic rings. The molecule has 0 bridgehead atoms. The van der Waals surface area contributed by atoms with Crippen LogP contribution >= 0.6 is 15.9 Å². The average Bonchev–Trinajstić information content (AvgIpc) is 2.47. The van der Waals surface area contributed by atoms with Crippen LogP contribution in [0.3, 0.4) is 0 Å². The van der Waals surface area contributed by atoms with E-state index in [-0.39, 0.29) is 0 Å². The Bertz CT molecular complexity index is 351. The maximum absolute atomic E-state index is 10.3. The van der Waals surface area contributed by atoms with Crippen LogP contribution in [0, 0.1) is 0 Å². The lowest BCUT2D eigenvalue weighted by Gasteiger charge is -2.22. The van der Waals surface area contributed by atoms with E-state index in [2.05, 4.69) is 15.9 Å². The van der Waals surface area contributed by atoms with Gasteiger partial charge in [0.15, 0.2) is 0 Å². The first-order chi connectivity index (χ1) is 6.67. The van der Waals surface area contributed by atoms with Gasteiger partial charge in [-0.3, -0.25) is 0 Å². The molecule has 0 spiro atoms. The number of halogens is 1. The highest BCUT2D eigenvalue weighted by Gasteiger charge is 2.37. The smallest absolute Gasteiger partial charge is 0.113 e. The highest BCUT2D eigenvalue weighted by atomic mass is 79.9. The van der Waals surface area contributed by atoms with Gasteiger partial charge in [-0.05, 0) is 30.0 Å². The van der Waals surface area contributed by atoms with E-state index < -0.39 is 5.60 Å². The van der Waals surface area contributed by atoms with E-state index in [1.165, 1.54) is 5.56 Å². The summed E-state index contributed by atoms with van der Waals surface area (Å²) >= 11 is 3.50. The summed E-state index contributed by atoms with van der Waals surface area (Å²) in [6.45, 7) is 0.371. The van der Waals surface area contributed by atoms with Crippen LogP contribution in [0.5, 0.6) is 0 Å². The fraction of sp³-hybridized carbons (Fsp3) is 0.455. The SMILES string of the molecule is COCC1(O)CCc2c(Br)cccc21. The van der Waals surface area contributed by atoms with Crippen molar-refractivity contribution in [2.75, 3.05) is 13.7 Å². The predicted octanol–water partition coefficient (Wildman–Crippen LogP) is 2.23. The van der Waals surface area contributed by atoms with Crippen LogP contribution in [-0.4, -0.2) is 18.8 Å². The largest absolute Gasteiger partial charge is 0.383 e. The second-order valence-corrected chi connectivity index (χ2v) is 4.58. The number of fused-ring (bicyclic) bond motifs is 1. The first-order valence-electron chi connectivity index (χ1n) is 4.66. The molecule has 1 unspecified atom stereocenters. The van der Waals surface area contributed by atoms with Crippen LogP contribution < -0.4 is 0 Å². The zero-order chi connectivity index (χ0) is 10.2. The lowest BCUT2D eigenvalue weighted by Crippen LogP contribution is -2.28. The van der Waals surface area contributed by atoms with Crippen molar-refractivity contribution >= 4 is 15.9 Å². The Labute approximate surface area is 92.0 Å². The number of methoxy groups -OCH3 is 1. The minimum Gasteiger partial charge on any atom is -0.383 e. The quantitative estimate of drug-likeness (QED) is 0.880. The molecular formula is C11H13BrO2. The first kappa shape index (κ1) is 10.1. The molecule has 2 rings (SSSR count). The van der Waals surface area contributed by atoms with Crippen LogP contribution in [0.25, 0.3) is 0 Å². The molecular weight excluding hydrogens is 244 g/mol. The third kappa shape index (κ3) is 1.49. The maximum atomic E-state index is 10.3. The van der Waals surface area contributed by atoms with Gasteiger partial charge in [0, 0.05) is 11.6 Å². The number of benzene rings is 1. The van der Waals surface area contributed by atoms with Gasteiger partial charge in [0.1, 0.15) is 5.60 Å². The minimum atomic E-state index is -0.784. The van der Waals surface area contributed by atoms with Gasteiger partial charge in [0.2, 0.25) is 0 Å². The molecule has 2 nitrogen and oxygen atoms in total. The first-order valence-corrected chi connectivity index (χ1v) is 5.46. The van der Waals surface area contributed by atoms with Crippen LogP contribution in [-0.2, 0) is 16.8 Å². The topological polar surface area (TPSA) is 29.5 Å². The fourth-order valence-corrected chi connectivity index (χ4v) is 2.67. The van der Waals surface area contributed by atoms with E-state index in [4.69, 9.17) is 4.74 Å². The molecule has 0 fully saturated rings. The van der Waals surface area contributed by atoms with Crippen molar-refractivity contribution in [3.63, 3.8) is 0 Å². The second kappa shape index (κ2) is 3.65. The summed E-state index contributed by atoms with van der Waals surface area (Å²) in [6, 6.07) is 5.94. The van der Waals surface area contributed by atoms with Crippen molar-refractivity contribution in [3.05, 3.63) is 33.8 Å². The minimum absolute atomic E-state index is 0.371. The van der Waals surface area contributed by atoms with Gasteiger partial charge in [0.05, 0.1) is 6.61 Å². The molecule has 1 aliphatic rings. The summed E-state index contributed by atoms with van der Waals surface area (Å²) in [5, 5.41) is 10.3. The molecule has 3 heteroatoms. The predicted molar refractivity (Wildman–Crippen MR) is 58.2 cm³/mol. The third-order valence-corrected chi connectivity index (χ3v) is 3.53. The van der Waals surface area contributed by atoms with Crippen molar-refractivity contribution < 1.29 is 9.84 Å². The highest BCUT2D eigenvalue weighted by molar-refractivity contribution is 9.10. The van der Waals surface area contributed by atoms with Gasteiger partial charge in [-0.1, -0.05) is 28.1 Å². The molecule has 1 aromatic carbocycles. The summed E-state index contributed by atoms with van der Waals surface area (Å²) < 4.78 is 6.15. The Morgan fingerprint density at radius 3 is 3.07 bits per heavy atom. The summed E-state index contributed by atoms with van der Waals surface area (Å²) in [5.74, 6) is 0. The van der Waals surface area contributed by atoms with E-state index >= 15 is 0 Å². The number of aliphatic hydroxyl groups is 1. The molecule has 1 N–H and O–H groups in total. The molecule has 1 atom stereocenters. The van der Waals surface area contributed by atoms with Gasteiger partial charge < -0.3 is 9.84 Å². The van der Waals surface area contributed by atoms with E-state index in [0.717, 1.165) is 22.9 Å². The van der Waals surface area contributed by atoms with Gasteiger partial charge in [0.25, 0.3) is 0 Å². The van der Waals surface area contributed by atoms with Gasteiger partial charge >= 0.3 is 0 Å². The van der Waals surface area contributed by atoms with E-state index in [1.807, 2.05) is 18.2 Å². The normalized spacial score (nSPS) is 25.1. The number of ether oxygens (including phenoxy) is 1. The van der Waals surface area contributed by atoms with E-state index in [9.17, 15) is 5.11 Å². The van der Waals surface area contributed by atoms with Gasteiger partial charge in [-0.25, -0.2) is 0 Å². The Morgan fingerprint density at radius 2 is 2.36 bits per heavy atom. The Morgan fingerprint density at radius 1 is 1.57 bits per heavy atom. The zero-order valence-corrected chi connectivity index (χ0v) is 9.67. The van der Waals surface area contributed by atoms with Gasteiger partial charge in [-0.15, -0.1) is 0 Å². The van der Waals surface area contributed by atoms with Crippen LogP contribution in [0.2, 0.25) is 0 Å². The van der Waals surface area contributed by atoms with Crippen molar-refractivity contribution in [2.45, 2.75) is 18.4 Å². The van der Waals surface area contributed by atoms with Crippen molar-refractivity contribution in [1.82, 2.24) is 0 Å². The number of hydrogen-bond acceptors (Lipinski definition) is 2. The molecule has 0 radical (unpaired) electrons. The van der Waals surface area contributed by atoms with Gasteiger partial charge in [-0.2, -0.15) is 0 Å². The number of rotatable bonds is 2. The van der Waals surface area contributed by atoms with Crippen LogP contribution in [0.15, 0.2) is 22.7 Å². The molecule has 1 aliphatic carbocycles. The molecule has 0 saturated heterocycles. The number of hydrogen-bond donors (Lipinski definition) is 1. The standard InChI is InChI=1S/C11H13BrO2/c1-14-7-11(13)6-5-8-9(11)3-2-4-10(8)12/h2-4,13H,5-7H2,1H3. The van der Waals surface area contributed by atoms with E-state index in [1.54, 1.807) is 7.11 Å². The highest BCUT2D eigenvalue weighted by Crippen LogP contribution is 2.40. The molecule has 0 aliphatic heterocycles. The summed E-state index contributed by atoms with van der Waals surface area (Å²) in [4.78, 5) is 0. The Balaban J connectivity index is 2.44. The third-order valence-electron chi connectivity index (χ3n) is 2.79. The maximum Gasteiger partial charge on any atom is 0.113 e. The van der Waals surface area contributed by atoms with Crippen LogP contribution in [0.4, 0.5) is 0 Å². The second-order valence-electron chi connectivity index (χ2n) is 3.73. The molecule has 0 saturated carbocycles.